The Bertz CT molecular complexity index is 526. The molecule has 4 bridgehead atoms. The van der Waals surface area contributed by atoms with Gasteiger partial charge in [0.1, 0.15) is 6.10 Å². The molecule has 1 spiro atoms. The molecule has 1 N–H and O–H groups in total. The maximum atomic E-state index is 11.9. The summed E-state index contributed by atoms with van der Waals surface area (Å²) in [5.74, 6) is 3.65. The maximum Gasteiger partial charge on any atom is 0.333 e. The minimum atomic E-state index is -0.205. The van der Waals surface area contributed by atoms with E-state index in [0.717, 1.165) is 18.3 Å². The van der Waals surface area contributed by atoms with Crippen molar-refractivity contribution in [3.05, 3.63) is 12.2 Å². The van der Waals surface area contributed by atoms with E-state index in [9.17, 15) is 9.90 Å². The Morgan fingerprint density at radius 2 is 2.05 bits per heavy atom. The largest absolute Gasteiger partial charge is 0.458 e. The molecule has 3 heteroatoms. The van der Waals surface area contributed by atoms with Crippen molar-refractivity contribution in [1.29, 1.82) is 0 Å². The second-order valence-electron chi connectivity index (χ2n) is 8.07. The molecule has 0 aromatic heterocycles. The van der Waals surface area contributed by atoms with E-state index in [0.29, 0.717) is 34.7 Å². The van der Waals surface area contributed by atoms with Crippen molar-refractivity contribution >= 4 is 5.97 Å². The van der Waals surface area contributed by atoms with Gasteiger partial charge in [0.15, 0.2) is 0 Å². The van der Waals surface area contributed by atoms with Crippen LogP contribution in [0.25, 0.3) is 0 Å². The molecule has 0 radical (unpaired) electrons. The Labute approximate surface area is 119 Å². The van der Waals surface area contributed by atoms with Gasteiger partial charge in [-0.15, -0.1) is 0 Å². The van der Waals surface area contributed by atoms with Crippen molar-refractivity contribution in [2.24, 2.45) is 40.9 Å². The van der Waals surface area contributed by atoms with Crippen LogP contribution in [-0.4, -0.2) is 23.3 Å². The second-order valence-corrected chi connectivity index (χ2v) is 8.07. The average molecular weight is 274 g/mol. The van der Waals surface area contributed by atoms with Crippen molar-refractivity contribution in [2.45, 2.75) is 44.8 Å². The van der Waals surface area contributed by atoms with Crippen molar-refractivity contribution in [3.8, 4) is 0 Å². The summed E-state index contributed by atoms with van der Waals surface area (Å²) in [6.45, 7) is 5.43. The first-order chi connectivity index (χ1) is 9.54. The molecule has 5 rings (SSSR count). The van der Waals surface area contributed by atoms with Gasteiger partial charge in [0.2, 0.25) is 0 Å². The number of fused-ring (bicyclic) bond motifs is 5. The highest BCUT2D eigenvalue weighted by Gasteiger charge is 2.81. The molecule has 108 valence electrons. The zero-order valence-corrected chi connectivity index (χ0v) is 11.9. The lowest BCUT2D eigenvalue weighted by Crippen LogP contribution is -2.62. The molecule has 0 amide bonds. The molecule has 5 aliphatic carbocycles. The van der Waals surface area contributed by atoms with E-state index in [1.54, 1.807) is 6.92 Å². The molecule has 0 aliphatic heterocycles. The molecular formula is C17H22O3. The Morgan fingerprint density at radius 3 is 2.80 bits per heavy atom. The molecule has 5 aliphatic rings. The van der Waals surface area contributed by atoms with E-state index in [4.69, 9.17) is 4.74 Å². The molecule has 9 atom stereocenters. The average Bonchev–Trinajstić information content (AvgIpc) is 3.04. The van der Waals surface area contributed by atoms with Gasteiger partial charge in [-0.3, -0.25) is 0 Å². The van der Waals surface area contributed by atoms with Gasteiger partial charge < -0.3 is 9.84 Å². The van der Waals surface area contributed by atoms with E-state index in [2.05, 4.69) is 6.58 Å². The number of ether oxygens (including phenoxy) is 1. The summed E-state index contributed by atoms with van der Waals surface area (Å²) in [7, 11) is 0. The number of rotatable bonds is 2. The van der Waals surface area contributed by atoms with Crippen molar-refractivity contribution in [3.63, 3.8) is 0 Å². The third-order valence-corrected chi connectivity index (χ3v) is 7.60. The van der Waals surface area contributed by atoms with Crippen LogP contribution in [0.3, 0.4) is 0 Å². The summed E-state index contributed by atoms with van der Waals surface area (Å²) >= 11 is 0. The number of carbonyl (C=O) groups excluding carboxylic acids is 1. The van der Waals surface area contributed by atoms with Gasteiger partial charge in [0.05, 0.1) is 6.10 Å². The Kier molecular flexibility index (Phi) is 1.96. The fourth-order valence-electron chi connectivity index (χ4n) is 7.34. The molecule has 9 unspecified atom stereocenters. The predicted molar refractivity (Wildman–Crippen MR) is 72.5 cm³/mol. The van der Waals surface area contributed by atoms with E-state index >= 15 is 0 Å². The van der Waals surface area contributed by atoms with Crippen LogP contribution in [0.1, 0.15) is 32.6 Å². The highest BCUT2D eigenvalue weighted by atomic mass is 16.5. The van der Waals surface area contributed by atoms with Crippen LogP contribution < -0.4 is 0 Å². The van der Waals surface area contributed by atoms with Crippen molar-refractivity contribution in [1.82, 2.24) is 0 Å². The smallest absolute Gasteiger partial charge is 0.333 e. The lowest BCUT2D eigenvalue weighted by molar-refractivity contribution is -0.206. The van der Waals surface area contributed by atoms with Crippen molar-refractivity contribution < 1.29 is 14.6 Å². The van der Waals surface area contributed by atoms with E-state index < -0.39 is 0 Å². The number of hydrogen-bond donors (Lipinski definition) is 1. The van der Waals surface area contributed by atoms with Crippen LogP contribution in [0.4, 0.5) is 0 Å². The highest BCUT2D eigenvalue weighted by molar-refractivity contribution is 5.87. The van der Waals surface area contributed by atoms with Crippen molar-refractivity contribution in [2.75, 3.05) is 0 Å². The van der Waals surface area contributed by atoms with Gasteiger partial charge in [-0.2, -0.15) is 0 Å². The van der Waals surface area contributed by atoms with E-state index in [-0.39, 0.29) is 18.2 Å². The topological polar surface area (TPSA) is 46.5 Å². The number of aliphatic hydroxyl groups excluding tert-OH is 1. The van der Waals surface area contributed by atoms with Crippen LogP contribution in [-0.2, 0) is 9.53 Å². The van der Waals surface area contributed by atoms with E-state index in [1.165, 1.54) is 19.3 Å². The second kappa shape index (κ2) is 3.32. The van der Waals surface area contributed by atoms with Gasteiger partial charge in [0.25, 0.3) is 0 Å². The number of aliphatic hydroxyl groups is 1. The molecule has 5 saturated carbocycles. The third kappa shape index (κ3) is 1.03. The molecule has 0 aromatic rings. The number of carbonyl (C=O) groups is 1. The maximum absolute atomic E-state index is 11.9. The van der Waals surface area contributed by atoms with Gasteiger partial charge in [0, 0.05) is 17.4 Å². The Morgan fingerprint density at radius 1 is 1.25 bits per heavy atom. The summed E-state index contributed by atoms with van der Waals surface area (Å²) in [5.41, 5.74) is 0.964. The molecule has 0 heterocycles. The lowest BCUT2D eigenvalue weighted by atomic mass is 9.43. The first-order valence-electron chi connectivity index (χ1n) is 8.08. The van der Waals surface area contributed by atoms with Crippen LogP contribution in [0, 0.1) is 40.9 Å². The predicted octanol–water partition coefficient (Wildman–Crippen LogP) is 2.15. The van der Waals surface area contributed by atoms with Crippen LogP contribution in [0.2, 0.25) is 0 Å². The Balaban J connectivity index is 1.46. The molecule has 0 saturated heterocycles. The molecule has 3 nitrogen and oxygen atoms in total. The lowest BCUT2D eigenvalue weighted by Gasteiger charge is -2.62. The minimum absolute atomic E-state index is 0.0482. The zero-order chi connectivity index (χ0) is 13.8. The van der Waals surface area contributed by atoms with Gasteiger partial charge in [-0.1, -0.05) is 6.58 Å². The van der Waals surface area contributed by atoms with Gasteiger partial charge in [-0.05, 0) is 61.7 Å². The fourth-order valence-corrected chi connectivity index (χ4v) is 7.34. The molecule has 0 aromatic carbocycles. The highest BCUT2D eigenvalue weighted by Crippen LogP contribution is 2.83. The van der Waals surface area contributed by atoms with Gasteiger partial charge in [-0.25, -0.2) is 4.79 Å². The quantitative estimate of drug-likeness (QED) is 0.620. The molecular weight excluding hydrogens is 252 g/mol. The summed E-state index contributed by atoms with van der Waals surface area (Å²) < 4.78 is 5.80. The standard InChI is InChI=1S/C17H22O3/c1-7(2)16(19)20-15-9-5-11-10(15)6-17(11)12-3-8(14(9)17)4-13(12)18/h8-15,18H,1,3-6H2,2H3. The van der Waals surface area contributed by atoms with E-state index in [1.807, 2.05) is 0 Å². The zero-order valence-electron chi connectivity index (χ0n) is 11.9. The molecule has 20 heavy (non-hydrogen) atoms. The summed E-state index contributed by atoms with van der Waals surface area (Å²) in [6, 6.07) is 0. The first kappa shape index (κ1) is 11.8. The monoisotopic (exact) mass is 274 g/mol. The summed E-state index contributed by atoms with van der Waals surface area (Å²) in [4.78, 5) is 11.9. The SMILES string of the molecule is C=C(C)C(=O)OC1C2CC34C5CC(CC5O)C3C1CC24. The van der Waals surface area contributed by atoms with Gasteiger partial charge >= 0.3 is 5.97 Å². The van der Waals surface area contributed by atoms with Crippen LogP contribution in [0.5, 0.6) is 0 Å². The first-order valence-corrected chi connectivity index (χ1v) is 8.08. The molecule has 5 fully saturated rings. The minimum Gasteiger partial charge on any atom is -0.458 e. The summed E-state index contributed by atoms with van der Waals surface area (Å²) in [5, 5.41) is 10.3. The Hall–Kier alpha value is -0.830. The number of esters is 1. The third-order valence-electron chi connectivity index (χ3n) is 7.60. The fraction of sp³-hybridized carbons (Fsp3) is 0.824. The van der Waals surface area contributed by atoms with Crippen LogP contribution >= 0.6 is 0 Å². The summed E-state index contributed by atoms with van der Waals surface area (Å²) in [6.07, 6.45) is 4.76. The van der Waals surface area contributed by atoms with Crippen LogP contribution in [0.15, 0.2) is 12.2 Å². The number of hydrogen-bond acceptors (Lipinski definition) is 3. The normalized spacial score (nSPS) is 60.3.